The molecule has 0 heterocycles. The highest BCUT2D eigenvalue weighted by molar-refractivity contribution is 7.91. The van der Waals surface area contributed by atoms with E-state index in [1.165, 1.54) is 12.3 Å². The first-order chi connectivity index (χ1) is 14.0. The number of aryl methyl sites for hydroxylation is 3. The Hall–Kier alpha value is -1.98. The Morgan fingerprint density at radius 3 is 2.40 bits per heavy atom. The Balaban J connectivity index is 2.50. The van der Waals surface area contributed by atoms with Gasteiger partial charge in [-0.2, -0.15) is 0 Å². The highest BCUT2D eigenvalue weighted by Crippen LogP contribution is 2.32. The van der Waals surface area contributed by atoms with E-state index in [1.807, 2.05) is 33.8 Å². The van der Waals surface area contributed by atoms with Crippen LogP contribution in [-0.4, -0.2) is 15.5 Å². The summed E-state index contributed by atoms with van der Waals surface area (Å²) in [7, 11) is 0. The number of hydrogen-bond donors (Lipinski definition) is 0. The molecule has 0 aliphatic carbocycles. The van der Waals surface area contributed by atoms with Gasteiger partial charge in [0.2, 0.25) is 0 Å². The van der Waals surface area contributed by atoms with Crippen LogP contribution in [0.15, 0.2) is 41.3 Å². The number of allylic oxidation sites excluding steroid dienone is 1. The molecule has 0 saturated carbocycles. The normalized spacial score (nSPS) is 13.1. The quantitative estimate of drug-likeness (QED) is 0.191. The summed E-state index contributed by atoms with van der Waals surface area (Å²) < 4.78 is 44.6. The van der Waals surface area contributed by atoms with Gasteiger partial charge in [0, 0.05) is 5.56 Å². The molecule has 0 unspecified atom stereocenters. The van der Waals surface area contributed by atoms with Crippen molar-refractivity contribution in [3.63, 3.8) is 0 Å². The lowest BCUT2D eigenvalue weighted by Crippen LogP contribution is -2.25. The van der Waals surface area contributed by atoms with Gasteiger partial charge in [-0.1, -0.05) is 10.5 Å². The monoisotopic (exact) mass is 431 g/mol. The molecule has 2 aromatic rings. The summed E-state index contributed by atoms with van der Waals surface area (Å²) in [4.78, 5) is 0. The molecule has 0 fully saturated rings. The fraction of sp³-hybridized carbons (Fsp3) is 0.400. The number of halogens is 2. The highest BCUT2D eigenvalue weighted by atomic mass is 32.2. The number of nitrogens with zero attached hydrogens (tertiary/aromatic N) is 1. The maximum absolute atomic E-state index is 14.7. The van der Waals surface area contributed by atoms with Gasteiger partial charge >= 0.3 is 0 Å². The lowest BCUT2D eigenvalue weighted by molar-refractivity contribution is 0.561. The third-order valence-corrected chi connectivity index (χ3v) is 6.21. The second kappa shape index (κ2) is 10.4. The van der Waals surface area contributed by atoms with Gasteiger partial charge in [0.05, 0.1) is 6.21 Å². The van der Waals surface area contributed by atoms with E-state index >= 15 is 0 Å². The average Bonchev–Trinajstić information content (AvgIpc) is 2.65. The van der Waals surface area contributed by atoms with Crippen LogP contribution in [0.5, 0.6) is 0 Å². The Kier molecular flexibility index (Phi) is 8.39. The number of hydrogen-bond acceptors (Lipinski definition) is 2. The van der Waals surface area contributed by atoms with Gasteiger partial charge < -0.3 is 4.55 Å². The van der Waals surface area contributed by atoms with Crippen molar-refractivity contribution >= 4 is 17.6 Å². The van der Waals surface area contributed by atoms with E-state index in [-0.39, 0.29) is 17.2 Å². The van der Waals surface area contributed by atoms with Crippen molar-refractivity contribution in [1.29, 1.82) is 0 Å². The molecule has 0 aromatic heterocycles. The van der Waals surface area contributed by atoms with Crippen LogP contribution in [0.3, 0.4) is 0 Å². The van der Waals surface area contributed by atoms with Crippen LogP contribution < -0.4 is 0 Å². The molecule has 0 N–H and O–H groups in total. The first kappa shape index (κ1) is 24.3. The van der Waals surface area contributed by atoms with E-state index in [1.54, 1.807) is 25.1 Å². The van der Waals surface area contributed by atoms with E-state index in [0.717, 1.165) is 47.9 Å². The van der Waals surface area contributed by atoms with Crippen LogP contribution in [0.2, 0.25) is 0 Å². The van der Waals surface area contributed by atoms with E-state index in [4.69, 9.17) is 0 Å². The van der Waals surface area contributed by atoms with E-state index in [2.05, 4.69) is 11.0 Å². The van der Waals surface area contributed by atoms with Crippen LogP contribution in [-0.2, 0) is 17.8 Å². The summed E-state index contributed by atoms with van der Waals surface area (Å²) in [6.45, 7) is 12.8. The summed E-state index contributed by atoms with van der Waals surface area (Å²) in [6, 6.07) is 6.56. The molecule has 0 saturated heterocycles. The Bertz CT molecular complexity index is 932. The van der Waals surface area contributed by atoms with Gasteiger partial charge in [0.15, 0.2) is 0 Å². The van der Waals surface area contributed by atoms with Crippen molar-refractivity contribution in [3.8, 4) is 11.1 Å². The number of unbranched alkanes of at least 4 members (excludes halogenated alkanes) is 2. The fourth-order valence-corrected chi connectivity index (χ4v) is 3.85. The second-order valence-corrected chi connectivity index (χ2v) is 10.5. The lowest BCUT2D eigenvalue weighted by atomic mass is 9.90. The zero-order chi connectivity index (χ0) is 22.5. The molecule has 0 bridgehead atoms. The number of rotatable bonds is 8. The summed E-state index contributed by atoms with van der Waals surface area (Å²) in [5.74, 6) is -0.656. The molecule has 0 aliphatic heterocycles. The van der Waals surface area contributed by atoms with E-state index < -0.39 is 16.1 Å². The van der Waals surface area contributed by atoms with E-state index in [0.29, 0.717) is 5.56 Å². The zero-order valence-electron chi connectivity index (χ0n) is 18.5. The summed E-state index contributed by atoms with van der Waals surface area (Å²) >= 11 is -1.48. The van der Waals surface area contributed by atoms with Gasteiger partial charge in [0.25, 0.3) is 0 Å². The van der Waals surface area contributed by atoms with Crippen molar-refractivity contribution in [1.82, 2.24) is 0 Å². The van der Waals surface area contributed by atoms with Crippen LogP contribution in [0.4, 0.5) is 8.78 Å². The molecule has 30 heavy (non-hydrogen) atoms. The molecular weight excluding hydrogens is 400 g/mol. The molecule has 0 amide bonds. The largest absolute Gasteiger partial charge is 0.591 e. The second-order valence-electron chi connectivity index (χ2n) is 8.58. The van der Waals surface area contributed by atoms with Gasteiger partial charge in [0.1, 0.15) is 27.7 Å². The zero-order valence-corrected chi connectivity index (χ0v) is 19.3. The van der Waals surface area contributed by atoms with Gasteiger partial charge in [-0.25, -0.2) is 8.78 Å². The van der Waals surface area contributed by atoms with Gasteiger partial charge in [-0.15, -0.1) is 6.58 Å². The van der Waals surface area contributed by atoms with Gasteiger partial charge in [-0.05, 0) is 112 Å². The molecule has 0 aliphatic rings. The third kappa shape index (κ3) is 6.26. The van der Waals surface area contributed by atoms with Crippen LogP contribution >= 0.6 is 0 Å². The van der Waals surface area contributed by atoms with Crippen molar-refractivity contribution in [2.24, 2.45) is 4.40 Å². The highest BCUT2D eigenvalue weighted by Gasteiger charge is 2.26. The first-order valence-electron chi connectivity index (χ1n) is 10.2. The molecule has 0 radical (unpaired) electrons. The molecule has 162 valence electrons. The third-order valence-electron chi connectivity index (χ3n) is 4.87. The smallest absolute Gasteiger partial charge is 0.144 e. The lowest BCUT2D eigenvalue weighted by Gasteiger charge is -2.18. The Labute approximate surface area is 182 Å². The molecule has 2 nitrogen and oxygen atoms in total. The fourth-order valence-electron chi connectivity index (χ4n) is 3.32. The van der Waals surface area contributed by atoms with Crippen molar-refractivity contribution in [2.75, 3.05) is 0 Å². The maximum atomic E-state index is 14.7. The minimum absolute atomic E-state index is 0.267. The summed E-state index contributed by atoms with van der Waals surface area (Å²) in [6.07, 6.45) is 6.78. The minimum atomic E-state index is -1.48. The van der Waals surface area contributed by atoms with Crippen molar-refractivity contribution in [3.05, 3.63) is 70.8 Å². The predicted octanol–water partition coefficient (Wildman–Crippen LogP) is 7.03. The van der Waals surface area contributed by atoms with Crippen molar-refractivity contribution in [2.45, 2.75) is 65.0 Å². The SMILES string of the molecule is C=CCCCCc1cc(F)cc(C)c1-c1cc(C)c(F)c(/C=N\[S@+]([O-])C(C)(C)C)c1. The standard InChI is InChI=1S/C25H31F2NOS/c1-7-8-9-10-11-19-15-22(26)13-17(2)23(19)20-12-18(3)24(27)21(14-20)16-28-30(29)25(4,5)6/h7,12-16H,1,8-11H2,2-6H3/b28-16-/t30-/m1/s1. The minimum Gasteiger partial charge on any atom is -0.591 e. The summed E-state index contributed by atoms with van der Waals surface area (Å²) in [5, 5.41) is 0. The van der Waals surface area contributed by atoms with Crippen LogP contribution in [0.1, 0.15) is 62.3 Å². The van der Waals surface area contributed by atoms with E-state index in [9.17, 15) is 13.3 Å². The van der Waals surface area contributed by atoms with Crippen LogP contribution in [0.25, 0.3) is 11.1 Å². The molecule has 2 rings (SSSR count). The average molecular weight is 432 g/mol. The molecule has 5 heteroatoms. The molecule has 2 aromatic carbocycles. The molecule has 1 atom stereocenters. The first-order valence-corrected chi connectivity index (χ1v) is 11.3. The predicted molar refractivity (Wildman–Crippen MR) is 125 cm³/mol. The molecule has 0 spiro atoms. The number of benzene rings is 2. The van der Waals surface area contributed by atoms with Crippen LogP contribution in [0, 0.1) is 25.5 Å². The Morgan fingerprint density at radius 1 is 1.07 bits per heavy atom. The van der Waals surface area contributed by atoms with Gasteiger partial charge in [-0.3, -0.25) is 0 Å². The summed E-state index contributed by atoms with van der Waals surface area (Å²) in [5.41, 5.74) is 4.20. The van der Waals surface area contributed by atoms with Crippen molar-refractivity contribution < 1.29 is 13.3 Å². The Morgan fingerprint density at radius 2 is 1.77 bits per heavy atom. The topological polar surface area (TPSA) is 35.4 Å². The molecular formula is C25H31F2NOS. The maximum Gasteiger partial charge on any atom is 0.144 e.